The molecule has 6 heteroatoms. The van der Waals surface area contributed by atoms with Gasteiger partial charge in [0, 0.05) is 39.5 Å². The first kappa shape index (κ1) is 18.1. The fraction of sp³-hybridized carbons (Fsp3) is 0.923. The minimum Gasteiger partial charge on any atom is -0.382 e. The molecule has 0 rings (SSSR count). The van der Waals surface area contributed by atoms with Crippen LogP contribution in [0.2, 0.25) is 0 Å². The zero-order valence-electron chi connectivity index (χ0n) is 12.4. The van der Waals surface area contributed by atoms with Crippen molar-refractivity contribution in [3.8, 4) is 0 Å². The number of nitrogens with two attached hydrogens (primary N) is 1. The predicted molar refractivity (Wildman–Crippen MR) is 79.1 cm³/mol. The number of hydrazine groups is 1. The monoisotopic (exact) mass is 274 g/mol. The van der Waals surface area contributed by atoms with Gasteiger partial charge >= 0.3 is 0 Å². The predicted octanol–water partition coefficient (Wildman–Crippen LogP) is 1.03. The molecule has 19 heavy (non-hydrogen) atoms. The highest BCUT2D eigenvalue weighted by atomic mass is 16.5. The number of aliphatic imine (C=N–C) groups is 1. The van der Waals surface area contributed by atoms with E-state index in [1.54, 1.807) is 0 Å². The molecular formula is C13H30N4O2. The van der Waals surface area contributed by atoms with Crippen LogP contribution in [0.1, 0.15) is 39.5 Å². The number of guanidine groups is 1. The summed E-state index contributed by atoms with van der Waals surface area (Å²) < 4.78 is 10.7. The van der Waals surface area contributed by atoms with Gasteiger partial charge in [0.2, 0.25) is 5.96 Å². The van der Waals surface area contributed by atoms with E-state index in [-0.39, 0.29) is 0 Å². The first-order valence-electron chi connectivity index (χ1n) is 7.25. The molecule has 0 aliphatic rings. The molecule has 0 aliphatic heterocycles. The molecule has 0 amide bonds. The van der Waals surface area contributed by atoms with E-state index >= 15 is 0 Å². The molecule has 0 aromatic carbocycles. The summed E-state index contributed by atoms with van der Waals surface area (Å²) in [5.41, 5.74) is 2.56. The molecular weight excluding hydrogens is 244 g/mol. The molecule has 0 aliphatic carbocycles. The maximum atomic E-state index is 5.46. The van der Waals surface area contributed by atoms with E-state index in [1.165, 1.54) is 6.42 Å². The summed E-state index contributed by atoms with van der Waals surface area (Å²) in [5.74, 6) is 6.02. The molecule has 0 heterocycles. The van der Waals surface area contributed by atoms with Gasteiger partial charge < -0.3 is 14.8 Å². The first-order valence-corrected chi connectivity index (χ1v) is 7.25. The molecule has 6 nitrogen and oxygen atoms in total. The van der Waals surface area contributed by atoms with Crippen molar-refractivity contribution in [3.05, 3.63) is 0 Å². The zero-order chi connectivity index (χ0) is 14.2. The Morgan fingerprint density at radius 3 is 2.47 bits per heavy atom. The molecule has 0 unspecified atom stereocenters. The molecule has 0 radical (unpaired) electrons. The molecule has 0 aromatic heterocycles. The van der Waals surface area contributed by atoms with Gasteiger partial charge in [-0.1, -0.05) is 13.3 Å². The van der Waals surface area contributed by atoms with E-state index in [0.717, 1.165) is 52.2 Å². The summed E-state index contributed by atoms with van der Waals surface area (Å²) in [6.07, 6.45) is 4.15. The van der Waals surface area contributed by atoms with Crippen LogP contribution in [0, 0.1) is 0 Å². The van der Waals surface area contributed by atoms with E-state index in [9.17, 15) is 0 Å². The van der Waals surface area contributed by atoms with Crippen molar-refractivity contribution in [2.24, 2.45) is 10.8 Å². The Balaban J connectivity index is 3.46. The van der Waals surface area contributed by atoms with Gasteiger partial charge in [0.05, 0.1) is 0 Å². The minimum atomic E-state index is 0.630. The zero-order valence-corrected chi connectivity index (χ0v) is 12.4. The SMILES string of the molecule is CCCCOCCCN=C(NN)NCCCOCC. The highest BCUT2D eigenvalue weighted by Crippen LogP contribution is 1.90. The van der Waals surface area contributed by atoms with Crippen molar-refractivity contribution < 1.29 is 9.47 Å². The Hall–Kier alpha value is -0.850. The summed E-state index contributed by atoms with van der Waals surface area (Å²) in [6, 6.07) is 0. The van der Waals surface area contributed by atoms with Crippen molar-refractivity contribution in [3.63, 3.8) is 0 Å². The lowest BCUT2D eigenvalue weighted by Crippen LogP contribution is -2.42. The van der Waals surface area contributed by atoms with Gasteiger partial charge in [-0.25, -0.2) is 5.84 Å². The third-order valence-electron chi connectivity index (χ3n) is 2.46. The van der Waals surface area contributed by atoms with Gasteiger partial charge in [-0.2, -0.15) is 0 Å². The van der Waals surface area contributed by atoms with Gasteiger partial charge in [0.25, 0.3) is 0 Å². The summed E-state index contributed by atoms with van der Waals surface area (Å²) in [6.45, 7) is 8.78. The number of ether oxygens (including phenoxy) is 2. The standard InChI is InChI=1S/C13H30N4O2/c1-3-5-10-19-12-7-9-16-13(17-14)15-8-6-11-18-4-2/h3-12,14H2,1-2H3,(H2,15,16,17). The Kier molecular flexibility index (Phi) is 14.5. The van der Waals surface area contributed by atoms with Crippen molar-refractivity contribution in [1.29, 1.82) is 0 Å². The van der Waals surface area contributed by atoms with Gasteiger partial charge in [-0.3, -0.25) is 10.4 Å². The van der Waals surface area contributed by atoms with Crippen LogP contribution in [0.25, 0.3) is 0 Å². The quantitative estimate of drug-likeness (QED) is 0.163. The van der Waals surface area contributed by atoms with Gasteiger partial charge in [-0.15, -0.1) is 0 Å². The minimum absolute atomic E-state index is 0.630. The van der Waals surface area contributed by atoms with Crippen LogP contribution < -0.4 is 16.6 Å². The molecule has 0 fully saturated rings. The van der Waals surface area contributed by atoms with Gasteiger partial charge in [0.15, 0.2) is 0 Å². The number of unbranched alkanes of at least 4 members (excludes halogenated alkanes) is 1. The summed E-state index contributed by atoms with van der Waals surface area (Å²) in [5, 5.41) is 3.13. The summed E-state index contributed by atoms with van der Waals surface area (Å²) in [7, 11) is 0. The van der Waals surface area contributed by atoms with Crippen molar-refractivity contribution in [2.45, 2.75) is 39.5 Å². The molecule has 0 aromatic rings. The van der Waals surface area contributed by atoms with Crippen LogP contribution in [0.15, 0.2) is 4.99 Å². The Morgan fingerprint density at radius 1 is 1.05 bits per heavy atom. The van der Waals surface area contributed by atoms with Crippen LogP contribution >= 0.6 is 0 Å². The summed E-state index contributed by atoms with van der Waals surface area (Å²) in [4.78, 5) is 4.33. The lowest BCUT2D eigenvalue weighted by atomic mass is 10.4. The van der Waals surface area contributed by atoms with Crippen LogP contribution in [0.5, 0.6) is 0 Å². The number of hydrogen-bond acceptors (Lipinski definition) is 4. The maximum Gasteiger partial charge on any atom is 0.205 e. The lowest BCUT2D eigenvalue weighted by Gasteiger charge is -2.09. The molecule has 0 saturated heterocycles. The second-order valence-corrected chi connectivity index (χ2v) is 4.17. The number of rotatable bonds is 12. The molecule has 114 valence electrons. The van der Waals surface area contributed by atoms with Gasteiger partial charge in [-0.05, 0) is 26.2 Å². The van der Waals surface area contributed by atoms with Crippen molar-refractivity contribution in [2.75, 3.05) is 39.5 Å². The van der Waals surface area contributed by atoms with E-state index in [4.69, 9.17) is 15.3 Å². The normalized spacial score (nSPS) is 11.6. The Bertz CT molecular complexity index is 213. The number of nitrogens with one attached hydrogen (secondary N) is 2. The largest absolute Gasteiger partial charge is 0.382 e. The van der Waals surface area contributed by atoms with Crippen LogP contribution in [-0.4, -0.2) is 45.5 Å². The topological polar surface area (TPSA) is 80.9 Å². The average Bonchev–Trinajstić information content (AvgIpc) is 2.44. The fourth-order valence-electron chi connectivity index (χ4n) is 1.38. The smallest absolute Gasteiger partial charge is 0.205 e. The van der Waals surface area contributed by atoms with E-state index in [0.29, 0.717) is 12.5 Å². The summed E-state index contributed by atoms with van der Waals surface area (Å²) >= 11 is 0. The maximum absolute atomic E-state index is 5.46. The van der Waals surface area contributed by atoms with Crippen molar-refractivity contribution in [1.82, 2.24) is 10.7 Å². The Morgan fingerprint density at radius 2 is 1.79 bits per heavy atom. The lowest BCUT2D eigenvalue weighted by molar-refractivity contribution is 0.130. The first-order chi connectivity index (χ1) is 9.35. The molecule has 0 spiro atoms. The molecule has 4 N–H and O–H groups in total. The van der Waals surface area contributed by atoms with Crippen LogP contribution in [0.4, 0.5) is 0 Å². The Labute approximate surface area is 117 Å². The number of nitrogens with zero attached hydrogens (tertiary/aromatic N) is 1. The molecule has 0 bridgehead atoms. The second-order valence-electron chi connectivity index (χ2n) is 4.17. The highest BCUT2D eigenvalue weighted by molar-refractivity contribution is 5.79. The third-order valence-corrected chi connectivity index (χ3v) is 2.46. The van der Waals surface area contributed by atoms with E-state index in [1.807, 2.05) is 6.92 Å². The van der Waals surface area contributed by atoms with E-state index in [2.05, 4.69) is 22.7 Å². The van der Waals surface area contributed by atoms with Gasteiger partial charge in [0.1, 0.15) is 0 Å². The van der Waals surface area contributed by atoms with Crippen LogP contribution in [-0.2, 0) is 9.47 Å². The molecule has 0 atom stereocenters. The van der Waals surface area contributed by atoms with Crippen molar-refractivity contribution >= 4 is 5.96 Å². The highest BCUT2D eigenvalue weighted by Gasteiger charge is 1.95. The fourth-order valence-corrected chi connectivity index (χ4v) is 1.38. The second kappa shape index (κ2) is 15.2. The number of hydrogen-bond donors (Lipinski definition) is 3. The van der Waals surface area contributed by atoms with E-state index < -0.39 is 0 Å². The third kappa shape index (κ3) is 13.4. The average molecular weight is 274 g/mol. The molecule has 0 saturated carbocycles. The van der Waals surface area contributed by atoms with Crippen LogP contribution in [0.3, 0.4) is 0 Å².